The SMILES string of the molecule is CCC(C#N)(CC)C(=O)NC(C)c1cnn(C)c1. The number of aromatic nitrogens is 2. The van der Waals surface area contributed by atoms with E-state index in [2.05, 4.69) is 16.5 Å². The third kappa shape index (κ3) is 2.70. The fourth-order valence-corrected chi connectivity index (χ4v) is 1.86. The molecular weight excluding hydrogens is 228 g/mol. The van der Waals surface area contributed by atoms with Crippen LogP contribution in [0.1, 0.15) is 45.2 Å². The number of carbonyl (C=O) groups excluding carboxylic acids is 1. The molecule has 0 fully saturated rings. The molecule has 0 aliphatic heterocycles. The lowest BCUT2D eigenvalue weighted by Crippen LogP contribution is -2.40. The normalized spacial score (nSPS) is 12.8. The van der Waals surface area contributed by atoms with Crippen LogP contribution in [0.3, 0.4) is 0 Å². The summed E-state index contributed by atoms with van der Waals surface area (Å²) in [6.07, 6.45) is 4.62. The molecule has 0 saturated carbocycles. The van der Waals surface area contributed by atoms with Crippen LogP contribution in [0.5, 0.6) is 0 Å². The smallest absolute Gasteiger partial charge is 0.240 e. The maximum absolute atomic E-state index is 12.2. The van der Waals surface area contributed by atoms with Crippen molar-refractivity contribution in [3.63, 3.8) is 0 Å². The number of hydrogen-bond acceptors (Lipinski definition) is 3. The molecule has 0 saturated heterocycles. The minimum absolute atomic E-state index is 0.142. The lowest BCUT2D eigenvalue weighted by molar-refractivity contribution is -0.129. The molecule has 0 spiro atoms. The van der Waals surface area contributed by atoms with Gasteiger partial charge in [0, 0.05) is 18.8 Å². The van der Waals surface area contributed by atoms with E-state index >= 15 is 0 Å². The van der Waals surface area contributed by atoms with Gasteiger partial charge < -0.3 is 5.32 Å². The van der Waals surface area contributed by atoms with E-state index in [9.17, 15) is 10.1 Å². The molecule has 98 valence electrons. The number of aryl methyl sites for hydroxylation is 1. The zero-order valence-electron chi connectivity index (χ0n) is 11.4. The Bertz CT molecular complexity index is 454. The lowest BCUT2D eigenvalue weighted by atomic mass is 9.83. The van der Waals surface area contributed by atoms with E-state index in [-0.39, 0.29) is 11.9 Å². The third-order valence-electron chi connectivity index (χ3n) is 3.43. The molecule has 0 aromatic carbocycles. The highest BCUT2D eigenvalue weighted by molar-refractivity contribution is 5.85. The first-order valence-electron chi connectivity index (χ1n) is 6.19. The summed E-state index contributed by atoms with van der Waals surface area (Å²) >= 11 is 0. The van der Waals surface area contributed by atoms with Crippen LogP contribution in [-0.2, 0) is 11.8 Å². The summed E-state index contributed by atoms with van der Waals surface area (Å²) < 4.78 is 1.69. The van der Waals surface area contributed by atoms with Crippen molar-refractivity contribution < 1.29 is 4.79 Å². The van der Waals surface area contributed by atoms with Crippen LogP contribution >= 0.6 is 0 Å². The number of nitriles is 1. The Hall–Kier alpha value is -1.83. The molecule has 18 heavy (non-hydrogen) atoms. The van der Waals surface area contributed by atoms with Crippen molar-refractivity contribution in [2.24, 2.45) is 12.5 Å². The first-order chi connectivity index (χ1) is 8.49. The minimum Gasteiger partial charge on any atom is -0.348 e. The predicted octanol–water partition coefficient (Wildman–Crippen LogP) is 1.93. The molecule has 1 unspecified atom stereocenters. The molecule has 1 amide bonds. The molecule has 5 heteroatoms. The fraction of sp³-hybridized carbons (Fsp3) is 0.615. The summed E-state index contributed by atoms with van der Waals surface area (Å²) in [7, 11) is 1.83. The zero-order valence-corrected chi connectivity index (χ0v) is 11.4. The van der Waals surface area contributed by atoms with Crippen LogP contribution in [0.2, 0.25) is 0 Å². The van der Waals surface area contributed by atoms with Crippen LogP contribution in [0.15, 0.2) is 12.4 Å². The molecule has 1 heterocycles. The van der Waals surface area contributed by atoms with Crippen LogP contribution in [0, 0.1) is 16.7 Å². The van der Waals surface area contributed by atoms with Gasteiger partial charge in [0.2, 0.25) is 5.91 Å². The second-order valence-corrected chi connectivity index (χ2v) is 4.54. The Morgan fingerprint density at radius 1 is 1.61 bits per heavy atom. The van der Waals surface area contributed by atoms with Gasteiger partial charge in [0.15, 0.2) is 0 Å². The summed E-state index contributed by atoms with van der Waals surface area (Å²) in [6, 6.07) is 2.00. The Morgan fingerprint density at radius 3 is 2.61 bits per heavy atom. The molecule has 1 N–H and O–H groups in total. The van der Waals surface area contributed by atoms with Crippen molar-refractivity contribution in [3.05, 3.63) is 18.0 Å². The maximum Gasteiger partial charge on any atom is 0.240 e. The molecular formula is C13H20N4O. The Balaban J connectivity index is 2.79. The molecule has 1 aromatic heterocycles. The molecule has 0 radical (unpaired) electrons. The van der Waals surface area contributed by atoms with Gasteiger partial charge in [-0.2, -0.15) is 10.4 Å². The Labute approximate surface area is 108 Å². The summed E-state index contributed by atoms with van der Waals surface area (Å²) in [4.78, 5) is 12.2. The second-order valence-electron chi connectivity index (χ2n) is 4.54. The van der Waals surface area contributed by atoms with Gasteiger partial charge in [0.25, 0.3) is 0 Å². The van der Waals surface area contributed by atoms with Crippen molar-refractivity contribution in [2.75, 3.05) is 0 Å². The molecule has 0 aliphatic rings. The minimum atomic E-state index is -0.920. The number of nitrogens with zero attached hydrogens (tertiary/aromatic N) is 3. The van der Waals surface area contributed by atoms with Gasteiger partial charge in [0.1, 0.15) is 5.41 Å². The van der Waals surface area contributed by atoms with Gasteiger partial charge in [0.05, 0.1) is 18.3 Å². The molecule has 1 atom stereocenters. The first-order valence-corrected chi connectivity index (χ1v) is 6.19. The van der Waals surface area contributed by atoms with Crippen LogP contribution in [-0.4, -0.2) is 15.7 Å². The fourth-order valence-electron chi connectivity index (χ4n) is 1.86. The monoisotopic (exact) mass is 248 g/mol. The zero-order chi connectivity index (χ0) is 13.8. The van der Waals surface area contributed by atoms with Crippen molar-refractivity contribution in [1.29, 1.82) is 5.26 Å². The Morgan fingerprint density at radius 2 is 2.22 bits per heavy atom. The second kappa shape index (κ2) is 5.67. The van der Waals surface area contributed by atoms with Crippen LogP contribution in [0.4, 0.5) is 0 Å². The van der Waals surface area contributed by atoms with Gasteiger partial charge in [-0.15, -0.1) is 0 Å². The van der Waals surface area contributed by atoms with E-state index in [1.54, 1.807) is 10.9 Å². The summed E-state index contributed by atoms with van der Waals surface area (Å²) in [5.41, 5.74) is 0.0149. The van der Waals surface area contributed by atoms with Crippen LogP contribution < -0.4 is 5.32 Å². The largest absolute Gasteiger partial charge is 0.348 e. The standard InChI is InChI=1S/C13H20N4O/c1-5-13(6-2,9-14)12(18)16-10(3)11-7-15-17(4)8-11/h7-8,10H,5-6H2,1-4H3,(H,16,18). The van der Waals surface area contributed by atoms with E-state index in [0.29, 0.717) is 12.8 Å². The van der Waals surface area contributed by atoms with Crippen LogP contribution in [0.25, 0.3) is 0 Å². The molecule has 0 bridgehead atoms. The molecule has 1 aromatic rings. The van der Waals surface area contributed by atoms with Crippen molar-refractivity contribution in [2.45, 2.75) is 39.7 Å². The van der Waals surface area contributed by atoms with E-state index in [4.69, 9.17) is 0 Å². The quantitative estimate of drug-likeness (QED) is 0.865. The van der Waals surface area contributed by atoms with Crippen molar-refractivity contribution in [3.8, 4) is 6.07 Å². The van der Waals surface area contributed by atoms with Gasteiger partial charge in [-0.3, -0.25) is 9.48 Å². The average molecular weight is 248 g/mol. The van der Waals surface area contributed by atoms with E-state index in [1.807, 2.05) is 34.0 Å². The highest BCUT2D eigenvalue weighted by atomic mass is 16.2. The molecule has 0 aliphatic carbocycles. The number of hydrogen-bond donors (Lipinski definition) is 1. The average Bonchev–Trinajstić information content (AvgIpc) is 2.79. The number of nitrogens with one attached hydrogen (secondary N) is 1. The summed E-state index contributed by atoms with van der Waals surface area (Å²) in [5.74, 6) is -0.202. The van der Waals surface area contributed by atoms with Gasteiger partial charge in [-0.1, -0.05) is 13.8 Å². The summed E-state index contributed by atoms with van der Waals surface area (Å²) in [5, 5.41) is 16.2. The summed E-state index contributed by atoms with van der Waals surface area (Å²) in [6.45, 7) is 5.62. The van der Waals surface area contributed by atoms with Crippen molar-refractivity contribution >= 4 is 5.91 Å². The lowest BCUT2D eigenvalue weighted by Gasteiger charge is -2.24. The highest BCUT2D eigenvalue weighted by Crippen LogP contribution is 2.26. The predicted molar refractivity (Wildman–Crippen MR) is 68.4 cm³/mol. The van der Waals surface area contributed by atoms with Gasteiger partial charge >= 0.3 is 0 Å². The topological polar surface area (TPSA) is 70.7 Å². The number of carbonyl (C=O) groups is 1. The first kappa shape index (κ1) is 14.2. The Kier molecular flexibility index (Phi) is 4.49. The van der Waals surface area contributed by atoms with E-state index in [0.717, 1.165) is 5.56 Å². The van der Waals surface area contributed by atoms with E-state index < -0.39 is 5.41 Å². The third-order valence-corrected chi connectivity index (χ3v) is 3.43. The number of amides is 1. The maximum atomic E-state index is 12.2. The number of rotatable bonds is 5. The molecule has 1 rings (SSSR count). The highest BCUT2D eigenvalue weighted by Gasteiger charge is 2.35. The van der Waals surface area contributed by atoms with E-state index in [1.165, 1.54) is 0 Å². The van der Waals surface area contributed by atoms with Gasteiger partial charge in [-0.05, 0) is 19.8 Å². The van der Waals surface area contributed by atoms with Gasteiger partial charge in [-0.25, -0.2) is 0 Å². The van der Waals surface area contributed by atoms with Crippen molar-refractivity contribution in [1.82, 2.24) is 15.1 Å². The molecule has 5 nitrogen and oxygen atoms in total.